The molecule has 2 aromatic rings. The van der Waals surface area contributed by atoms with Gasteiger partial charge in [-0.3, -0.25) is 0 Å². The largest absolute Gasteiger partial charge is 0.424 e. The Morgan fingerprint density at radius 1 is 1.17 bits per heavy atom. The molecule has 18 heavy (non-hydrogen) atoms. The molecule has 0 fully saturated rings. The second-order valence-corrected chi connectivity index (χ2v) is 5.50. The summed E-state index contributed by atoms with van der Waals surface area (Å²) in [5.74, 6) is 1.39. The van der Waals surface area contributed by atoms with Crippen LogP contribution in [0.5, 0.6) is 0 Å². The summed E-state index contributed by atoms with van der Waals surface area (Å²) >= 11 is 3.51. The van der Waals surface area contributed by atoms with Crippen molar-refractivity contribution < 1.29 is 4.42 Å². The molecule has 0 saturated carbocycles. The molecule has 1 heterocycles. The quantitative estimate of drug-likeness (QED) is 0.783. The average molecular weight is 309 g/mol. The summed E-state index contributed by atoms with van der Waals surface area (Å²) in [5, 5.41) is 8.12. The van der Waals surface area contributed by atoms with Gasteiger partial charge in [0.25, 0.3) is 0 Å². The van der Waals surface area contributed by atoms with E-state index < -0.39 is 0 Å². The van der Waals surface area contributed by atoms with Crippen LogP contribution in [-0.4, -0.2) is 10.2 Å². The van der Waals surface area contributed by atoms with Gasteiger partial charge in [-0.2, -0.15) is 0 Å². The summed E-state index contributed by atoms with van der Waals surface area (Å²) in [6.07, 6.45) is 2.67. The van der Waals surface area contributed by atoms with Crippen LogP contribution in [0.1, 0.15) is 41.1 Å². The molecular formula is C14H17BrN2O. The van der Waals surface area contributed by atoms with E-state index in [1.165, 1.54) is 11.1 Å². The lowest BCUT2D eigenvalue weighted by molar-refractivity contribution is 0.445. The molecule has 0 bridgehead atoms. The van der Waals surface area contributed by atoms with Crippen LogP contribution in [0.2, 0.25) is 0 Å². The van der Waals surface area contributed by atoms with Gasteiger partial charge in [0.2, 0.25) is 11.8 Å². The minimum Gasteiger partial charge on any atom is -0.424 e. The van der Waals surface area contributed by atoms with E-state index in [-0.39, 0.29) is 4.83 Å². The molecule has 0 N–H and O–H groups in total. The second-order valence-electron chi connectivity index (χ2n) is 4.40. The lowest BCUT2D eigenvalue weighted by Gasteiger charge is -2.00. The first kappa shape index (κ1) is 13.3. The summed E-state index contributed by atoms with van der Waals surface area (Å²) in [6, 6.07) is 8.54. The van der Waals surface area contributed by atoms with Crippen molar-refractivity contribution >= 4 is 15.9 Å². The number of alkyl halides is 1. The van der Waals surface area contributed by atoms with Crippen LogP contribution in [0, 0.1) is 6.92 Å². The van der Waals surface area contributed by atoms with Crippen molar-refractivity contribution in [3.8, 4) is 0 Å². The third-order valence-electron chi connectivity index (χ3n) is 2.86. The van der Waals surface area contributed by atoms with Crippen LogP contribution in [0.15, 0.2) is 28.7 Å². The van der Waals surface area contributed by atoms with Crippen molar-refractivity contribution in [3.63, 3.8) is 0 Å². The van der Waals surface area contributed by atoms with Crippen LogP contribution >= 0.6 is 15.9 Å². The van der Waals surface area contributed by atoms with Gasteiger partial charge in [-0.15, -0.1) is 10.2 Å². The van der Waals surface area contributed by atoms with E-state index in [4.69, 9.17) is 4.42 Å². The zero-order valence-electron chi connectivity index (χ0n) is 10.7. The predicted molar refractivity (Wildman–Crippen MR) is 74.8 cm³/mol. The van der Waals surface area contributed by atoms with E-state index in [1.54, 1.807) is 0 Å². The number of benzene rings is 1. The van der Waals surface area contributed by atoms with Gasteiger partial charge in [-0.25, -0.2) is 0 Å². The van der Waals surface area contributed by atoms with Crippen LogP contribution < -0.4 is 0 Å². The Balaban J connectivity index is 1.94. The minimum absolute atomic E-state index is 0.165. The van der Waals surface area contributed by atoms with Crippen LogP contribution in [0.25, 0.3) is 0 Å². The highest BCUT2D eigenvalue weighted by Gasteiger charge is 2.13. The fraction of sp³-hybridized carbons (Fsp3) is 0.429. The topological polar surface area (TPSA) is 38.9 Å². The fourth-order valence-corrected chi connectivity index (χ4v) is 1.86. The van der Waals surface area contributed by atoms with Gasteiger partial charge in [0.15, 0.2) is 0 Å². The maximum absolute atomic E-state index is 5.61. The summed E-state index contributed by atoms with van der Waals surface area (Å²) in [4.78, 5) is 0.165. The molecule has 96 valence electrons. The van der Waals surface area contributed by atoms with Gasteiger partial charge in [0, 0.05) is 6.42 Å². The first-order valence-electron chi connectivity index (χ1n) is 6.21. The maximum atomic E-state index is 5.61. The SMILES string of the molecule is CCC(Br)c1nnc(CCc2ccc(C)cc2)o1. The van der Waals surface area contributed by atoms with E-state index in [0.29, 0.717) is 11.8 Å². The molecule has 1 aromatic carbocycles. The van der Waals surface area contributed by atoms with Gasteiger partial charge >= 0.3 is 0 Å². The molecule has 0 spiro atoms. The van der Waals surface area contributed by atoms with Crippen LogP contribution in [-0.2, 0) is 12.8 Å². The number of aromatic nitrogens is 2. The highest BCUT2D eigenvalue weighted by Crippen LogP contribution is 2.24. The van der Waals surface area contributed by atoms with E-state index in [0.717, 1.165) is 19.3 Å². The van der Waals surface area contributed by atoms with E-state index >= 15 is 0 Å². The van der Waals surface area contributed by atoms with Gasteiger partial charge in [0.05, 0.1) is 4.83 Å². The number of hydrogen-bond acceptors (Lipinski definition) is 3. The third kappa shape index (κ3) is 3.42. The predicted octanol–water partition coefficient (Wildman–Crippen LogP) is 4.01. The molecule has 0 amide bonds. The molecule has 1 atom stereocenters. The Bertz CT molecular complexity index is 493. The summed E-state index contributed by atoms with van der Waals surface area (Å²) < 4.78 is 5.61. The van der Waals surface area contributed by atoms with Crippen LogP contribution in [0.4, 0.5) is 0 Å². The number of halogens is 1. The molecule has 0 aliphatic heterocycles. The Morgan fingerprint density at radius 2 is 1.89 bits per heavy atom. The zero-order valence-corrected chi connectivity index (χ0v) is 12.3. The highest BCUT2D eigenvalue weighted by atomic mass is 79.9. The van der Waals surface area contributed by atoms with Crippen molar-refractivity contribution in [1.82, 2.24) is 10.2 Å². The third-order valence-corrected chi connectivity index (χ3v) is 3.90. The smallest absolute Gasteiger partial charge is 0.230 e. The van der Waals surface area contributed by atoms with Crippen molar-refractivity contribution in [2.75, 3.05) is 0 Å². The molecule has 0 saturated heterocycles. The molecule has 3 nitrogen and oxygen atoms in total. The molecular weight excluding hydrogens is 292 g/mol. The molecule has 0 radical (unpaired) electrons. The summed E-state index contributed by atoms with van der Waals surface area (Å²) in [5.41, 5.74) is 2.58. The summed E-state index contributed by atoms with van der Waals surface area (Å²) in [7, 11) is 0. The lowest BCUT2D eigenvalue weighted by Crippen LogP contribution is -1.91. The average Bonchev–Trinajstić information content (AvgIpc) is 2.86. The fourth-order valence-electron chi connectivity index (χ4n) is 1.67. The monoisotopic (exact) mass is 308 g/mol. The van der Waals surface area contributed by atoms with Gasteiger partial charge in [-0.05, 0) is 25.3 Å². The minimum atomic E-state index is 0.165. The number of nitrogens with zero attached hydrogens (tertiary/aromatic N) is 2. The van der Waals surface area contributed by atoms with E-state index in [1.807, 2.05) is 0 Å². The van der Waals surface area contributed by atoms with Crippen molar-refractivity contribution in [3.05, 3.63) is 47.2 Å². The highest BCUT2D eigenvalue weighted by molar-refractivity contribution is 9.09. The van der Waals surface area contributed by atoms with Gasteiger partial charge in [-0.1, -0.05) is 52.7 Å². The van der Waals surface area contributed by atoms with Gasteiger partial charge in [0.1, 0.15) is 0 Å². The Kier molecular flexibility index (Phi) is 4.53. The molecule has 2 rings (SSSR count). The van der Waals surface area contributed by atoms with Crippen molar-refractivity contribution in [2.45, 2.75) is 37.9 Å². The van der Waals surface area contributed by atoms with Crippen molar-refractivity contribution in [2.24, 2.45) is 0 Å². The second kappa shape index (κ2) is 6.14. The Morgan fingerprint density at radius 3 is 2.56 bits per heavy atom. The lowest BCUT2D eigenvalue weighted by atomic mass is 10.1. The van der Waals surface area contributed by atoms with Crippen LogP contribution in [0.3, 0.4) is 0 Å². The number of aryl methyl sites for hydroxylation is 3. The van der Waals surface area contributed by atoms with Crippen molar-refractivity contribution in [1.29, 1.82) is 0 Å². The molecule has 1 aromatic heterocycles. The standard InChI is InChI=1S/C14H17BrN2O/c1-3-12(15)14-17-16-13(18-14)9-8-11-6-4-10(2)5-7-11/h4-7,12H,3,8-9H2,1-2H3. The molecule has 4 heteroatoms. The van der Waals surface area contributed by atoms with E-state index in [9.17, 15) is 0 Å². The first-order chi connectivity index (χ1) is 8.69. The number of hydrogen-bond donors (Lipinski definition) is 0. The Hall–Kier alpha value is -1.16. The number of rotatable bonds is 5. The molecule has 0 aliphatic rings. The first-order valence-corrected chi connectivity index (χ1v) is 7.12. The zero-order chi connectivity index (χ0) is 13.0. The maximum Gasteiger partial charge on any atom is 0.230 e. The summed E-state index contributed by atoms with van der Waals surface area (Å²) in [6.45, 7) is 4.17. The molecule has 1 unspecified atom stereocenters. The molecule has 0 aliphatic carbocycles. The normalized spacial score (nSPS) is 12.6. The van der Waals surface area contributed by atoms with Gasteiger partial charge < -0.3 is 4.42 Å². The van der Waals surface area contributed by atoms with E-state index in [2.05, 4.69) is 64.2 Å². The Labute approximate surface area is 116 Å².